The van der Waals surface area contributed by atoms with Crippen molar-refractivity contribution in [1.29, 1.82) is 0 Å². The minimum absolute atomic E-state index is 0.431. The first-order valence-corrected chi connectivity index (χ1v) is 7.78. The fourth-order valence-corrected chi connectivity index (χ4v) is 4.67. The number of nitrogens with zero attached hydrogens (tertiary/aromatic N) is 4. The molecule has 0 saturated carbocycles. The highest BCUT2D eigenvalue weighted by Crippen LogP contribution is 2.55. The summed E-state index contributed by atoms with van der Waals surface area (Å²) in [4.78, 5) is 1.32. The van der Waals surface area contributed by atoms with Gasteiger partial charge in [0, 0.05) is 22.2 Å². The maximum absolute atomic E-state index is 5.67. The predicted molar refractivity (Wildman–Crippen MR) is 74.4 cm³/mol. The van der Waals surface area contributed by atoms with Gasteiger partial charge in [-0.1, -0.05) is 0 Å². The Morgan fingerprint density at radius 1 is 1.42 bits per heavy atom. The molecule has 1 unspecified atom stereocenters. The molecule has 2 aliphatic rings. The van der Waals surface area contributed by atoms with Crippen molar-refractivity contribution in [3.05, 3.63) is 41.8 Å². The van der Waals surface area contributed by atoms with E-state index in [-0.39, 0.29) is 0 Å². The Morgan fingerprint density at radius 3 is 3.21 bits per heavy atom. The summed E-state index contributed by atoms with van der Waals surface area (Å²) in [6.45, 7) is 1.15. The first-order valence-electron chi connectivity index (χ1n) is 5.99. The second-order valence-electron chi connectivity index (χ2n) is 4.53. The van der Waals surface area contributed by atoms with Crippen LogP contribution in [0.1, 0.15) is 11.4 Å². The Labute approximate surface area is 112 Å². The molecule has 98 valence electrons. The van der Waals surface area contributed by atoms with Gasteiger partial charge in [-0.15, -0.1) is 10.2 Å². The van der Waals surface area contributed by atoms with Crippen molar-refractivity contribution in [2.45, 2.75) is 6.61 Å². The van der Waals surface area contributed by atoms with Crippen LogP contribution in [0.3, 0.4) is 0 Å². The molecule has 4 rings (SSSR count). The van der Waals surface area contributed by atoms with Crippen molar-refractivity contribution in [2.75, 3.05) is 12.9 Å². The third-order valence-electron chi connectivity index (χ3n) is 3.41. The monoisotopic (exact) mass is 275 g/mol. The highest BCUT2D eigenvalue weighted by molar-refractivity contribution is 8.32. The van der Waals surface area contributed by atoms with Crippen molar-refractivity contribution in [2.24, 2.45) is 0 Å². The molecule has 0 fully saturated rings. The Hall–Kier alpha value is -1.86. The average molecular weight is 275 g/mol. The summed E-state index contributed by atoms with van der Waals surface area (Å²) < 4.78 is 7.75. The number of rotatable bonds is 1. The zero-order valence-corrected chi connectivity index (χ0v) is 11.3. The lowest BCUT2D eigenvalue weighted by molar-refractivity contribution is 0.141. The Kier molecular flexibility index (Phi) is 2.36. The molecule has 0 saturated heterocycles. The average Bonchev–Trinajstić information content (AvgIpc) is 3.09. The van der Waals surface area contributed by atoms with E-state index < -0.39 is 10.9 Å². The quantitative estimate of drug-likeness (QED) is 0.772. The molecule has 0 bridgehead atoms. The fourth-order valence-electron chi connectivity index (χ4n) is 2.53. The second kappa shape index (κ2) is 4.07. The number of thiol groups is 1. The molecule has 0 aliphatic carbocycles. The minimum atomic E-state index is -0.431. The van der Waals surface area contributed by atoms with E-state index in [2.05, 4.69) is 37.3 Å². The van der Waals surface area contributed by atoms with E-state index in [1.807, 2.05) is 12.4 Å². The summed E-state index contributed by atoms with van der Waals surface area (Å²) in [5.74, 6) is 0.876. The van der Waals surface area contributed by atoms with Crippen LogP contribution in [0, 0.1) is 0 Å². The predicted octanol–water partition coefficient (Wildman–Crippen LogP) is 1.39. The van der Waals surface area contributed by atoms with E-state index in [0.29, 0.717) is 13.2 Å². The van der Waals surface area contributed by atoms with Gasteiger partial charge < -0.3 is 4.74 Å². The van der Waals surface area contributed by atoms with E-state index in [0.717, 1.165) is 11.4 Å². The van der Waals surface area contributed by atoms with Gasteiger partial charge in [-0.05, 0) is 12.3 Å². The lowest BCUT2D eigenvalue weighted by Crippen LogP contribution is -2.01. The molecule has 0 aromatic carbocycles. The summed E-state index contributed by atoms with van der Waals surface area (Å²) >= 11 is 0. The van der Waals surface area contributed by atoms with Crippen LogP contribution in [-0.2, 0) is 11.3 Å². The van der Waals surface area contributed by atoms with Gasteiger partial charge in [-0.3, -0.25) is 9.67 Å². The Bertz CT molecular complexity index is 685. The van der Waals surface area contributed by atoms with Gasteiger partial charge in [0.2, 0.25) is 0 Å². The summed E-state index contributed by atoms with van der Waals surface area (Å²) in [5, 5.41) is 16.3. The molecular weight excluding hydrogens is 262 g/mol. The van der Waals surface area contributed by atoms with Crippen molar-refractivity contribution in [3.8, 4) is 0 Å². The van der Waals surface area contributed by atoms with Crippen molar-refractivity contribution in [1.82, 2.24) is 25.0 Å². The minimum Gasteiger partial charge on any atom is -0.369 e. The molecular formula is C12H13N5OS. The Balaban J connectivity index is 1.82. The van der Waals surface area contributed by atoms with Crippen molar-refractivity contribution >= 4 is 20.8 Å². The molecule has 2 aromatic rings. The number of hydrogen-bond acceptors (Lipinski definition) is 4. The van der Waals surface area contributed by atoms with Gasteiger partial charge in [0.05, 0.1) is 17.8 Å². The van der Waals surface area contributed by atoms with Crippen molar-refractivity contribution in [3.63, 3.8) is 0 Å². The van der Waals surface area contributed by atoms with Gasteiger partial charge in [-0.25, -0.2) is 0 Å². The van der Waals surface area contributed by atoms with Crippen molar-refractivity contribution < 1.29 is 4.74 Å². The molecule has 1 atom stereocenters. The molecule has 1 N–H and O–H groups in total. The van der Waals surface area contributed by atoms with E-state index in [9.17, 15) is 0 Å². The van der Waals surface area contributed by atoms with Crippen LogP contribution in [-0.4, -0.2) is 37.8 Å². The van der Waals surface area contributed by atoms with Crippen LogP contribution in [0.25, 0.3) is 9.93 Å². The topological polar surface area (TPSA) is 68.6 Å². The molecule has 0 radical (unpaired) electrons. The molecule has 0 spiro atoms. The van der Waals surface area contributed by atoms with Crippen LogP contribution < -0.4 is 0 Å². The van der Waals surface area contributed by atoms with Crippen LogP contribution in [0.4, 0.5) is 0 Å². The van der Waals surface area contributed by atoms with E-state index in [1.54, 1.807) is 6.33 Å². The molecule has 19 heavy (non-hydrogen) atoms. The van der Waals surface area contributed by atoms with Crippen LogP contribution in [0.15, 0.2) is 30.4 Å². The highest BCUT2D eigenvalue weighted by Gasteiger charge is 2.28. The van der Waals surface area contributed by atoms with Gasteiger partial charge in [0.25, 0.3) is 0 Å². The number of H-pyrrole nitrogens is 1. The number of fused-ring (bicyclic) bond motifs is 2. The molecule has 2 aromatic heterocycles. The van der Waals surface area contributed by atoms with Gasteiger partial charge >= 0.3 is 0 Å². The Morgan fingerprint density at radius 2 is 2.37 bits per heavy atom. The molecule has 6 nitrogen and oxygen atoms in total. The number of ether oxygens (including phenoxy) is 1. The maximum Gasteiger partial charge on any atom is 0.163 e. The largest absolute Gasteiger partial charge is 0.369 e. The lowest BCUT2D eigenvalue weighted by Gasteiger charge is -2.19. The summed E-state index contributed by atoms with van der Waals surface area (Å²) in [5.41, 5.74) is 2.37. The smallest absolute Gasteiger partial charge is 0.163 e. The van der Waals surface area contributed by atoms with Gasteiger partial charge in [0.1, 0.15) is 12.9 Å². The van der Waals surface area contributed by atoms with E-state index in [4.69, 9.17) is 4.74 Å². The number of aromatic nitrogens is 5. The van der Waals surface area contributed by atoms with Gasteiger partial charge in [0.15, 0.2) is 5.82 Å². The fraction of sp³-hybridized carbons (Fsp3) is 0.250. The van der Waals surface area contributed by atoms with Crippen LogP contribution in [0.5, 0.6) is 0 Å². The number of hydrogen-bond donors (Lipinski definition) is 2. The first-order chi connectivity index (χ1) is 9.34. The van der Waals surface area contributed by atoms with Gasteiger partial charge in [-0.2, -0.15) is 16.0 Å². The van der Waals surface area contributed by atoms with E-state index >= 15 is 0 Å². The lowest BCUT2D eigenvalue weighted by atomic mass is 10.2. The number of nitrogens with one attached hydrogen (secondary N) is 1. The third kappa shape index (κ3) is 1.58. The maximum atomic E-state index is 5.67. The molecule has 7 heteroatoms. The summed E-state index contributed by atoms with van der Waals surface area (Å²) in [7, 11) is -0.431. The standard InChI is InChI=1S/C12H13N5OS/c1-19-10(9-3-13-14-4-9)2-8-5-18-6-11-16-15-7-17(11)12(8)19/h2-4,7,19H,5-6H2,1H3,(H,13,14). The molecule has 4 heterocycles. The zero-order valence-electron chi connectivity index (χ0n) is 10.4. The second-order valence-corrected chi connectivity index (χ2v) is 6.56. The third-order valence-corrected chi connectivity index (χ3v) is 5.65. The summed E-state index contributed by atoms with van der Waals surface area (Å²) in [6.07, 6.45) is 10.1. The normalized spacial score (nSPS) is 23.8. The molecule has 0 amide bonds. The van der Waals surface area contributed by atoms with Crippen LogP contribution >= 0.6 is 10.9 Å². The number of aromatic amines is 1. The van der Waals surface area contributed by atoms with Crippen LogP contribution in [0.2, 0.25) is 0 Å². The zero-order chi connectivity index (χ0) is 12.8. The highest BCUT2D eigenvalue weighted by atomic mass is 32.2. The first kappa shape index (κ1) is 11.0. The molecule has 2 aliphatic heterocycles. The van der Waals surface area contributed by atoms with E-state index in [1.165, 1.54) is 15.5 Å². The summed E-state index contributed by atoms with van der Waals surface area (Å²) in [6, 6.07) is 0. The SMILES string of the molecule is C[SH]1C(c2cn[nH]c2)=CC2=C1n1cnnc1COC2.